The number of anilines is 1. The highest BCUT2D eigenvalue weighted by atomic mass is 16.5. The Labute approximate surface area is 113 Å². The summed E-state index contributed by atoms with van der Waals surface area (Å²) in [4.78, 5) is 14.3. The maximum Gasteiger partial charge on any atom is 0.149 e. The van der Waals surface area contributed by atoms with Gasteiger partial charge in [-0.1, -0.05) is 0 Å². The minimum absolute atomic E-state index is 0.325. The summed E-state index contributed by atoms with van der Waals surface area (Å²) < 4.78 is 5.19. The number of ether oxygens (including phenoxy) is 1. The van der Waals surface area contributed by atoms with Crippen molar-refractivity contribution in [3.8, 4) is 0 Å². The Morgan fingerprint density at radius 3 is 2.68 bits per heavy atom. The zero-order valence-electron chi connectivity index (χ0n) is 11.6. The summed E-state index contributed by atoms with van der Waals surface area (Å²) in [6.07, 6.45) is 0. The molecule has 0 spiro atoms. The van der Waals surface area contributed by atoms with Gasteiger partial charge < -0.3 is 10.1 Å². The second kappa shape index (κ2) is 5.40. The van der Waals surface area contributed by atoms with Gasteiger partial charge in [0.05, 0.1) is 18.3 Å². The van der Waals surface area contributed by atoms with Crippen molar-refractivity contribution in [2.24, 2.45) is 0 Å². The summed E-state index contributed by atoms with van der Waals surface area (Å²) in [6, 6.07) is 2.27. The van der Waals surface area contributed by atoms with Crippen LogP contribution in [0.5, 0.6) is 0 Å². The zero-order chi connectivity index (χ0) is 13.2. The van der Waals surface area contributed by atoms with Gasteiger partial charge in [-0.05, 0) is 0 Å². The zero-order valence-corrected chi connectivity index (χ0v) is 11.6. The monoisotopic (exact) mass is 263 g/mol. The van der Waals surface area contributed by atoms with Gasteiger partial charge in [-0.3, -0.25) is 9.80 Å². The van der Waals surface area contributed by atoms with Crippen LogP contribution in [0.3, 0.4) is 0 Å². The van der Waals surface area contributed by atoms with E-state index in [9.17, 15) is 0 Å². The summed E-state index contributed by atoms with van der Waals surface area (Å²) in [7, 11) is 3.58. The van der Waals surface area contributed by atoms with Crippen molar-refractivity contribution < 1.29 is 4.74 Å². The minimum atomic E-state index is 0.325. The molecule has 4 heterocycles. The van der Waals surface area contributed by atoms with Crippen LogP contribution in [0.15, 0.2) is 6.07 Å². The molecule has 1 N–H and O–H groups in total. The number of hydrogen-bond donors (Lipinski definition) is 1. The van der Waals surface area contributed by atoms with E-state index in [1.807, 2.05) is 13.1 Å². The second-order valence-corrected chi connectivity index (χ2v) is 5.14. The SMILES string of the molecule is CNc1cc(COC)nc(C2CN3CCN2CC3)n1. The molecule has 0 saturated carbocycles. The van der Waals surface area contributed by atoms with E-state index >= 15 is 0 Å². The van der Waals surface area contributed by atoms with Crippen molar-refractivity contribution in [1.82, 2.24) is 19.8 Å². The quantitative estimate of drug-likeness (QED) is 0.845. The third-order valence-electron chi connectivity index (χ3n) is 3.92. The van der Waals surface area contributed by atoms with E-state index in [1.54, 1.807) is 7.11 Å². The molecular formula is C13H21N5O. The Morgan fingerprint density at radius 1 is 1.32 bits per heavy atom. The fourth-order valence-corrected chi connectivity index (χ4v) is 2.88. The summed E-state index contributed by atoms with van der Waals surface area (Å²) in [5.41, 5.74) is 0.939. The van der Waals surface area contributed by atoms with Crippen LogP contribution in [-0.2, 0) is 11.3 Å². The van der Waals surface area contributed by atoms with Gasteiger partial charge in [0.15, 0.2) is 0 Å². The van der Waals surface area contributed by atoms with Crippen LogP contribution in [0.4, 0.5) is 5.82 Å². The Kier molecular flexibility index (Phi) is 3.63. The first-order valence-electron chi connectivity index (χ1n) is 6.81. The first-order chi connectivity index (χ1) is 9.30. The van der Waals surface area contributed by atoms with Crippen molar-refractivity contribution in [1.29, 1.82) is 0 Å². The van der Waals surface area contributed by atoms with Crippen molar-refractivity contribution in [3.05, 3.63) is 17.6 Å². The highest BCUT2D eigenvalue weighted by molar-refractivity contribution is 5.35. The Bertz CT molecular complexity index is 445. The van der Waals surface area contributed by atoms with Crippen LogP contribution in [0.2, 0.25) is 0 Å². The second-order valence-electron chi connectivity index (χ2n) is 5.14. The molecule has 1 aromatic rings. The predicted octanol–water partition coefficient (Wildman–Crippen LogP) is 0.337. The summed E-state index contributed by atoms with van der Waals surface area (Å²) in [5, 5.41) is 3.11. The van der Waals surface area contributed by atoms with Crippen LogP contribution in [0.1, 0.15) is 17.6 Å². The first kappa shape index (κ1) is 12.8. The van der Waals surface area contributed by atoms with Crippen LogP contribution in [0.25, 0.3) is 0 Å². The molecular weight excluding hydrogens is 242 g/mol. The van der Waals surface area contributed by atoms with Gasteiger partial charge >= 0.3 is 0 Å². The molecule has 104 valence electrons. The molecule has 6 heteroatoms. The number of hydrogen-bond acceptors (Lipinski definition) is 6. The predicted molar refractivity (Wildman–Crippen MR) is 73.0 cm³/mol. The van der Waals surface area contributed by atoms with E-state index in [-0.39, 0.29) is 0 Å². The molecule has 0 aromatic carbocycles. The lowest BCUT2D eigenvalue weighted by Crippen LogP contribution is -2.57. The van der Waals surface area contributed by atoms with Gasteiger partial charge in [-0.2, -0.15) is 0 Å². The molecule has 6 nitrogen and oxygen atoms in total. The molecule has 19 heavy (non-hydrogen) atoms. The summed E-state index contributed by atoms with van der Waals surface area (Å²) in [5.74, 6) is 1.79. The smallest absolute Gasteiger partial charge is 0.149 e. The molecule has 0 radical (unpaired) electrons. The molecule has 3 saturated heterocycles. The summed E-state index contributed by atoms with van der Waals surface area (Å²) in [6.45, 7) is 6.16. The van der Waals surface area contributed by atoms with Crippen molar-refractivity contribution in [2.75, 3.05) is 52.2 Å². The molecule has 4 rings (SSSR count). The van der Waals surface area contributed by atoms with E-state index in [1.165, 1.54) is 13.1 Å². The van der Waals surface area contributed by atoms with Crippen LogP contribution < -0.4 is 5.32 Å². The lowest BCUT2D eigenvalue weighted by molar-refractivity contribution is 0.00848. The highest BCUT2D eigenvalue weighted by Gasteiger charge is 2.34. The van der Waals surface area contributed by atoms with Crippen molar-refractivity contribution >= 4 is 5.82 Å². The van der Waals surface area contributed by atoms with Crippen molar-refractivity contribution in [2.45, 2.75) is 12.6 Å². The fraction of sp³-hybridized carbons (Fsp3) is 0.692. The van der Waals surface area contributed by atoms with E-state index in [0.29, 0.717) is 12.6 Å². The van der Waals surface area contributed by atoms with Gasteiger partial charge in [0, 0.05) is 52.9 Å². The molecule has 3 fully saturated rings. The number of aromatic nitrogens is 2. The maximum atomic E-state index is 5.19. The average molecular weight is 263 g/mol. The Morgan fingerprint density at radius 2 is 2.11 bits per heavy atom. The van der Waals surface area contributed by atoms with Gasteiger partial charge in [0.1, 0.15) is 11.6 Å². The highest BCUT2D eigenvalue weighted by Crippen LogP contribution is 2.27. The van der Waals surface area contributed by atoms with E-state index < -0.39 is 0 Å². The lowest BCUT2D eigenvalue weighted by atomic mass is 10.1. The topological polar surface area (TPSA) is 53.5 Å². The normalized spacial score (nSPS) is 29.5. The number of fused-ring (bicyclic) bond motifs is 3. The average Bonchev–Trinajstić information content (AvgIpc) is 2.48. The van der Waals surface area contributed by atoms with E-state index in [4.69, 9.17) is 4.74 Å². The molecule has 2 bridgehead atoms. The lowest BCUT2D eigenvalue weighted by Gasteiger charge is -2.46. The number of nitrogens with one attached hydrogen (secondary N) is 1. The Hall–Kier alpha value is -1.24. The van der Waals surface area contributed by atoms with E-state index in [0.717, 1.165) is 37.0 Å². The number of methoxy groups -OCH3 is 1. The number of nitrogens with zero attached hydrogens (tertiary/aromatic N) is 4. The van der Waals surface area contributed by atoms with Gasteiger partial charge in [0.2, 0.25) is 0 Å². The molecule has 1 atom stereocenters. The first-order valence-corrected chi connectivity index (χ1v) is 6.81. The van der Waals surface area contributed by atoms with Gasteiger partial charge in [-0.15, -0.1) is 0 Å². The van der Waals surface area contributed by atoms with Crippen LogP contribution in [-0.4, -0.2) is 66.6 Å². The molecule has 0 aliphatic carbocycles. The Balaban J connectivity index is 1.88. The fourth-order valence-electron chi connectivity index (χ4n) is 2.88. The number of rotatable bonds is 4. The molecule has 3 aliphatic rings. The molecule has 0 amide bonds. The third-order valence-corrected chi connectivity index (χ3v) is 3.92. The number of piperazine rings is 3. The van der Waals surface area contributed by atoms with Gasteiger partial charge in [0.25, 0.3) is 0 Å². The minimum Gasteiger partial charge on any atom is -0.378 e. The van der Waals surface area contributed by atoms with Crippen molar-refractivity contribution in [3.63, 3.8) is 0 Å². The van der Waals surface area contributed by atoms with Crippen LogP contribution in [0, 0.1) is 0 Å². The van der Waals surface area contributed by atoms with E-state index in [2.05, 4.69) is 25.1 Å². The molecule has 1 aromatic heterocycles. The molecule has 1 unspecified atom stereocenters. The molecule has 3 aliphatic heterocycles. The van der Waals surface area contributed by atoms with Gasteiger partial charge in [-0.25, -0.2) is 9.97 Å². The largest absolute Gasteiger partial charge is 0.378 e. The third kappa shape index (κ3) is 2.56. The standard InChI is InChI=1S/C13H21N5O/c1-14-12-7-10(9-19-2)15-13(16-12)11-8-17-3-5-18(11)6-4-17/h7,11H,3-6,8-9H2,1-2H3,(H,14,15,16). The maximum absolute atomic E-state index is 5.19. The summed E-state index contributed by atoms with van der Waals surface area (Å²) >= 11 is 0. The van der Waals surface area contributed by atoms with Crippen LogP contribution >= 0.6 is 0 Å².